The first-order chi connectivity index (χ1) is 11.1. The first-order valence-electron chi connectivity index (χ1n) is 8.37. The van der Waals surface area contributed by atoms with E-state index in [1.807, 2.05) is 24.9 Å². The molecule has 6 nitrogen and oxygen atoms in total. The fourth-order valence-corrected chi connectivity index (χ4v) is 3.94. The second kappa shape index (κ2) is 5.60. The van der Waals surface area contributed by atoms with E-state index in [0.717, 1.165) is 29.6 Å². The maximum atomic E-state index is 13.0. The summed E-state index contributed by atoms with van der Waals surface area (Å²) >= 11 is 0. The summed E-state index contributed by atoms with van der Waals surface area (Å²) < 4.78 is 7.62. The number of aromatic nitrogens is 3. The summed E-state index contributed by atoms with van der Waals surface area (Å²) in [5, 5.41) is 5.33. The van der Waals surface area contributed by atoms with Crippen LogP contribution in [0.25, 0.3) is 11.0 Å². The van der Waals surface area contributed by atoms with Crippen LogP contribution in [0.1, 0.15) is 41.7 Å². The van der Waals surface area contributed by atoms with Gasteiger partial charge >= 0.3 is 0 Å². The standard InChI is InChI=1S/C17H22N4O2/c1-11-13-9-12(10-18-16(13)20(2)19-11)17(22)21-7-8-23-15-6-4-3-5-14(15)21/h9-10,14-15H,3-8H2,1-2H3/t14-,15-/m0/s1. The van der Waals surface area contributed by atoms with Crippen LogP contribution in [0.3, 0.4) is 0 Å². The minimum Gasteiger partial charge on any atom is -0.374 e. The third-order valence-corrected chi connectivity index (χ3v) is 5.10. The minimum atomic E-state index is 0.0721. The van der Waals surface area contributed by atoms with E-state index in [1.165, 1.54) is 12.8 Å². The molecule has 2 aromatic rings. The molecule has 1 aliphatic heterocycles. The highest BCUT2D eigenvalue weighted by molar-refractivity contribution is 5.97. The van der Waals surface area contributed by atoms with Crippen molar-refractivity contribution >= 4 is 16.9 Å². The quantitative estimate of drug-likeness (QED) is 0.808. The second-order valence-corrected chi connectivity index (χ2v) is 6.56. The molecule has 6 heteroatoms. The van der Waals surface area contributed by atoms with E-state index in [0.29, 0.717) is 18.7 Å². The topological polar surface area (TPSA) is 60.2 Å². The van der Waals surface area contributed by atoms with E-state index in [-0.39, 0.29) is 18.1 Å². The highest BCUT2D eigenvalue weighted by Gasteiger charge is 2.37. The van der Waals surface area contributed by atoms with Crippen molar-refractivity contribution in [3.05, 3.63) is 23.5 Å². The third-order valence-electron chi connectivity index (χ3n) is 5.10. The Labute approximate surface area is 135 Å². The molecular weight excluding hydrogens is 292 g/mol. The van der Waals surface area contributed by atoms with Crippen LogP contribution in [0.4, 0.5) is 0 Å². The zero-order chi connectivity index (χ0) is 16.0. The molecule has 1 amide bonds. The lowest BCUT2D eigenvalue weighted by atomic mass is 9.90. The number of carbonyl (C=O) groups excluding carboxylic acids is 1. The SMILES string of the molecule is Cc1nn(C)c2ncc(C(=O)N3CCO[C@H]4CCCC[C@@H]43)cc12. The van der Waals surface area contributed by atoms with Crippen LogP contribution < -0.4 is 0 Å². The van der Waals surface area contributed by atoms with Crippen LogP contribution in [0.5, 0.6) is 0 Å². The van der Waals surface area contributed by atoms with Crippen LogP contribution in [0, 0.1) is 6.92 Å². The van der Waals surface area contributed by atoms with Gasteiger partial charge in [-0.15, -0.1) is 0 Å². The van der Waals surface area contributed by atoms with Crippen LogP contribution in [-0.4, -0.2) is 50.9 Å². The highest BCUT2D eigenvalue weighted by Crippen LogP contribution is 2.29. The summed E-state index contributed by atoms with van der Waals surface area (Å²) in [4.78, 5) is 19.5. The smallest absolute Gasteiger partial charge is 0.255 e. The lowest BCUT2D eigenvalue weighted by molar-refractivity contribution is -0.0752. The molecule has 1 saturated heterocycles. The average Bonchev–Trinajstić information content (AvgIpc) is 2.87. The predicted molar refractivity (Wildman–Crippen MR) is 86.3 cm³/mol. The van der Waals surface area contributed by atoms with Crippen molar-refractivity contribution in [3.63, 3.8) is 0 Å². The van der Waals surface area contributed by atoms with Gasteiger partial charge in [0, 0.05) is 25.2 Å². The van der Waals surface area contributed by atoms with Gasteiger partial charge in [0.2, 0.25) is 0 Å². The van der Waals surface area contributed by atoms with Crippen LogP contribution >= 0.6 is 0 Å². The first-order valence-corrected chi connectivity index (χ1v) is 8.37. The van der Waals surface area contributed by atoms with Gasteiger partial charge in [-0.3, -0.25) is 9.48 Å². The van der Waals surface area contributed by atoms with Gasteiger partial charge in [-0.25, -0.2) is 4.98 Å². The van der Waals surface area contributed by atoms with Gasteiger partial charge in [0.05, 0.1) is 30.0 Å². The van der Waals surface area contributed by atoms with E-state index in [2.05, 4.69) is 10.1 Å². The monoisotopic (exact) mass is 314 g/mol. The molecule has 23 heavy (non-hydrogen) atoms. The fourth-order valence-electron chi connectivity index (χ4n) is 3.94. The molecule has 0 radical (unpaired) electrons. The molecule has 0 aromatic carbocycles. The van der Waals surface area contributed by atoms with Gasteiger partial charge in [-0.2, -0.15) is 5.10 Å². The van der Waals surface area contributed by atoms with Crippen molar-refractivity contribution < 1.29 is 9.53 Å². The van der Waals surface area contributed by atoms with Crippen LogP contribution in [0.2, 0.25) is 0 Å². The molecule has 4 rings (SSSR count). The van der Waals surface area contributed by atoms with Crippen molar-refractivity contribution in [2.75, 3.05) is 13.2 Å². The Morgan fingerprint density at radius 2 is 2.17 bits per heavy atom. The van der Waals surface area contributed by atoms with E-state index >= 15 is 0 Å². The predicted octanol–water partition coefficient (Wildman–Crippen LogP) is 2.06. The lowest BCUT2D eigenvalue weighted by Crippen LogP contribution is -2.54. The van der Waals surface area contributed by atoms with Gasteiger partial charge in [-0.1, -0.05) is 12.8 Å². The molecule has 2 aliphatic rings. The molecular formula is C17H22N4O2. The normalized spacial score (nSPS) is 24.7. The molecule has 1 saturated carbocycles. The Morgan fingerprint density at radius 1 is 1.35 bits per heavy atom. The zero-order valence-electron chi connectivity index (χ0n) is 13.7. The van der Waals surface area contributed by atoms with Gasteiger partial charge < -0.3 is 9.64 Å². The van der Waals surface area contributed by atoms with E-state index in [9.17, 15) is 4.79 Å². The van der Waals surface area contributed by atoms with Crippen molar-refractivity contribution in [2.24, 2.45) is 7.05 Å². The van der Waals surface area contributed by atoms with Crippen molar-refractivity contribution in [1.82, 2.24) is 19.7 Å². The molecule has 122 valence electrons. The Morgan fingerprint density at radius 3 is 3.04 bits per heavy atom. The largest absolute Gasteiger partial charge is 0.374 e. The number of ether oxygens (including phenoxy) is 1. The van der Waals surface area contributed by atoms with E-state index < -0.39 is 0 Å². The van der Waals surface area contributed by atoms with Crippen LogP contribution in [0.15, 0.2) is 12.3 Å². The number of fused-ring (bicyclic) bond motifs is 2. The summed E-state index contributed by atoms with van der Waals surface area (Å²) in [5.41, 5.74) is 2.37. The lowest BCUT2D eigenvalue weighted by Gasteiger charge is -2.43. The molecule has 1 aliphatic carbocycles. The Balaban J connectivity index is 1.66. The summed E-state index contributed by atoms with van der Waals surface area (Å²) in [5.74, 6) is 0.0721. The number of amides is 1. The number of hydrogen-bond acceptors (Lipinski definition) is 4. The van der Waals surface area contributed by atoms with Gasteiger partial charge in [0.15, 0.2) is 5.65 Å². The summed E-state index contributed by atoms with van der Waals surface area (Å²) in [6, 6.07) is 2.15. The number of carbonyl (C=O) groups is 1. The summed E-state index contributed by atoms with van der Waals surface area (Å²) in [6.45, 7) is 3.25. The Bertz CT molecular complexity index is 752. The zero-order valence-corrected chi connectivity index (χ0v) is 13.7. The third kappa shape index (κ3) is 2.41. The van der Waals surface area contributed by atoms with Gasteiger partial charge in [0.1, 0.15) is 0 Å². The van der Waals surface area contributed by atoms with Gasteiger partial charge in [0.25, 0.3) is 5.91 Å². The first kappa shape index (κ1) is 14.6. The Hall–Kier alpha value is -1.95. The fraction of sp³-hybridized carbons (Fsp3) is 0.588. The second-order valence-electron chi connectivity index (χ2n) is 6.56. The van der Waals surface area contributed by atoms with E-state index in [4.69, 9.17) is 4.74 Å². The summed E-state index contributed by atoms with van der Waals surface area (Å²) in [7, 11) is 1.87. The van der Waals surface area contributed by atoms with Crippen LogP contribution in [-0.2, 0) is 11.8 Å². The molecule has 0 bridgehead atoms. The molecule has 3 heterocycles. The number of aryl methyl sites for hydroxylation is 2. The highest BCUT2D eigenvalue weighted by atomic mass is 16.5. The average molecular weight is 314 g/mol. The molecule has 0 spiro atoms. The number of morpholine rings is 1. The Kier molecular flexibility index (Phi) is 3.56. The molecule has 0 N–H and O–H groups in total. The number of pyridine rings is 1. The van der Waals surface area contributed by atoms with Crippen molar-refractivity contribution in [3.8, 4) is 0 Å². The molecule has 2 fully saturated rings. The molecule has 2 atom stereocenters. The van der Waals surface area contributed by atoms with Crippen molar-refractivity contribution in [2.45, 2.75) is 44.8 Å². The summed E-state index contributed by atoms with van der Waals surface area (Å²) in [6.07, 6.45) is 6.36. The number of hydrogen-bond donors (Lipinski definition) is 0. The van der Waals surface area contributed by atoms with Gasteiger partial charge in [-0.05, 0) is 25.8 Å². The molecule has 0 unspecified atom stereocenters. The minimum absolute atomic E-state index is 0.0721. The maximum Gasteiger partial charge on any atom is 0.255 e. The number of nitrogens with zero attached hydrogens (tertiary/aromatic N) is 4. The maximum absolute atomic E-state index is 13.0. The molecule has 2 aromatic heterocycles. The van der Waals surface area contributed by atoms with Crippen molar-refractivity contribution in [1.29, 1.82) is 0 Å². The number of rotatable bonds is 1. The van der Waals surface area contributed by atoms with E-state index in [1.54, 1.807) is 10.9 Å².